The summed E-state index contributed by atoms with van der Waals surface area (Å²) in [5.41, 5.74) is -1.35. The number of alkyl halides is 5. The van der Waals surface area contributed by atoms with Crippen molar-refractivity contribution in [3.05, 3.63) is 35.1 Å². The normalized spacial score (nSPS) is 14.5. The highest BCUT2D eigenvalue weighted by Crippen LogP contribution is 2.44. The van der Waals surface area contributed by atoms with E-state index in [1.807, 2.05) is 0 Å². The van der Waals surface area contributed by atoms with Gasteiger partial charge in [0.2, 0.25) is 0 Å². The molecule has 1 atom stereocenters. The van der Waals surface area contributed by atoms with E-state index in [4.69, 9.17) is 0 Å². The molecule has 0 aliphatic rings. The van der Waals surface area contributed by atoms with Crippen LogP contribution in [0.25, 0.3) is 0 Å². The van der Waals surface area contributed by atoms with Crippen molar-refractivity contribution in [2.24, 2.45) is 0 Å². The fourth-order valence-corrected chi connectivity index (χ4v) is 1.65. The fourth-order valence-electron chi connectivity index (χ4n) is 1.65. The van der Waals surface area contributed by atoms with Crippen molar-refractivity contribution in [2.45, 2.75) is 32.0 Å². The standard InChI is InChI=1S/C12H13F6N/c1-3-19-7(2)9-5-4-8(6-10(9)13)11(14,15)12(16,17)18/h4-7,19H,3H2,1-2H3. The number of rotatable bonds is 4. The third-order valence-corrected chi connectivity index (χ3v) is 2.70. The minimum atomic E-state index is -5.74. The van der Waals surface area contributed by atoms with Crippen molar-refractivity contribution in [3.63, 3.8) is 0 Å². The molecule has 19 heavy (non-hydrogen) atoms. The maximum atomic E-state index is 13.6. The monoisotopic (exact) mass is 285 g/mol. The highest BCUT2D eigenvalue weighted by molar-refractivity contribution is 5.30. The lowest BCUT2D eigenvalue weighted by Crippen LogP contribution is -2.33. The van der Waals surface area contributed by atoms with Crippen LogP contribution in [0.3, 0.4) is 0 Å². The molecule has 0 bridgehead atoms. The minimum absolute atomic E-state index is 0.0450. The van der Waals surface area contributed by atoms with Gasteiger partial charge in [-0.25, -0.2) is 4.39 Å². The molecule has 0 heterocycles. The van der Waals surface area contributed by atoms with Gasteiger partial charge in [-0.05, 0) is 19.5 Å². The summed E-state index contributed by atoms with van der Waals surface area (Å²) in [6, 6.07) is 1.30. The first kappa shape index (κ1) is 15.8. The van der Waals surface area contributed by atoms with E-state index in [1.165, 1.54) is 0 Å². The van der Waals surface area contributed by atoms with Gasteiger partial charge in [0, 0.05) is 17.2 Å². The van der Waals surface area contributed by atoms with Crippen LogP contribution in [0.4, 0.5) is 26.3 Å². The molecule has 1 aromatic carbocycles. The van der Waals surface area contributed by atoms with Crippen LogP contribution in [-0.2, 0) is 5.92 Å². The SMILES string of the molecule is CCNC(C)c1ccc(C(F)(F)C(F)(F)F)cc1F. The molecular weight excluding hydrogens is 272 g/mol. The Balaban J connectivity index is 3.13. The van der Waals surface area contributed by atoms with Crippen molar-refractivity contribution >= 4 is 0 Å². The smallest absolute Gasteiger partial charge is 0.310 e. The number of hydrogen-bond acceptors (Lipinski definition) is 1. The van der Waals surface area contributed by atoms with Crippen molar-refractivity contribution in [2.75, 3.05) is 6.54 Å². The molecule has 1 N–H and O–H groups in total. The first-order valence-corrected chi connectivity index (χ1v) is 5.59. The third-order valence-electron chi connectivity index (χ3n) is 2.70. The molecule has 0 fully saturated rings. The van der Waals surface area contributed by atoms with Gasteiger partial charge in [0.1, 0.15) is 5.82 Å². The largest absolute Gasteiger partial charge is 0.458 e. The second kappa shape index (κ2) is 5.40. The van der Waals surface area contributed by atoms with Gasteiger partial charge in [-0.3, -0.25) is 0 Å². The Morgan fingerprint density at radius 3 is 2.16 bits per heavy atom. The Morgan fingerprint density at radius 2 is 1.74 bits per heavy atom. The number of benzene rings is 1. The molecule has 0 radical (unpaired) electrons. The van der Waals surface area contributed by atoms with Crippen LogP contribution in [0.2, 0.25) is 0 Å². The summed E-state index contributed by atoms with van der Waals surface area (Å²) in [6.07, 6.45) is -5.74. The molecule has 0 amide bonds. The van der Waals surface area contributed by atoms with E-state index in [9.17, 15) is 26.3 Å². The number of nitrogens with one attached hydrogen (secondary N) is 1. The van der Waals surface area contributed by atoms with Crippen LogP contribution in [-0.4, -0.2) is 12.7 Å². The molecule has 7 heteroatoms. The van der Waals surface area contributed by atoms with E-state index in [0.29, 0.717) is 12.6 Å². The van der Waals surface area contributed by atoms with Crippen molar-refractivity contribution in [1.29, 1.82) is 0 Å². The summed E-state index contributed by atoms with van der Waals surface area (Å²) in [7, 11) is 0. The fraction of sp³-hybridized carbons (Fsp3) is 0.500. The second-order valence-corrected chi connectivity index (χ2v) is 4.09. The van der Waals surface area contributed by atoms with E-state index in [0.717, 1.165) is 6.07 Å². The van der Waals surface area contributed by atoms with Gasteiger partial charge in [-0.2, -0.15) is 22.0 Å². The van der Waals surface area contributed by atoms with Crippen LogP contribution in [0.5, 0.6) is 0 Å². The lowest BCUT2D eigenvalue weighted by Gasteiger charge is -2.21. The number of hydrogen-bond donors (Lipinski definition) is 1. The molecule has 108 valence electrons. The Hall–Kier alpha value is -1.24. The molecule has 0 aliphatic heterocycles. The van der Waals surface area contributed by atoms with Crippen LogP contribution >= 0.6 is 0 Å². The second-order valence-electron chi connectivity index (χ2n) is 4.09. The van der Waals surface area contributed by atoms with Crippen LogP contribution in [0, 0.1) is 5.82 Å². The highest BCUT2D eigenvalue weighted by Gasteiger charge is 2.58. The van der Waals surface area contributed by atoms with Gasteiger partial charge in [0.15, 0.2) is 0 Å². The summed E-state index contributed by atoms with van der Waals surface area (Å²) in [5, 5.41) is 2.84. The van der Waals surface area contributed by atoms with Gasteiger partial charge in [0.05, 0.1) is 0 Å². The number of halogens is 6. The molecule has 0 spiro atoms. The zero-order valence-electron chi connectivity index (χ0n) is 10.3. The zero-order chi connectivity index (χ0) is 14.8. The maximum absolute atomic E-state index is 13.6. The Morgan fingerprint density at radius 1 is 1.16 bits per heavy atom. The summed E-state index contributed by atoms with van der Waals surface area (Å²) < 4.78 is 76.1. The van der Waals surface area contributed by atoms with Crippen LogP contribution < -0.4 is 5.32 Å². The first-order valence-electron chi connectivity index (χ1n) is 5.59. The van der Waals surface area contributed by atoms with Gasteiger partial charge in [0.25, 0.3) is 0 Å². The quantitative estimate of drug-likeness (QED) is 0.819. The average molecular weight is 285 g/mol. The minimum Gasteiger partial charge on any atom is -0.310 e. The molecule has 1 rings (SSSR count). The van der Waals surface area contributed by atoms with Crippen LogP contribution in [0.1, 0.15) is 31.0 Å². The van der Waals surface area contributed by atoms with E-state index in [2.05, 4.69) is 5.32 Å². The average Bonchev–Trinajstić information content (AvgIpc) is 2.27. The molecule has 1 aromatic rings. The predicted octanol–water partition coefficient (Wildman–Crippen LogP) is 4.15. The van der Waals surface area contributed by atoms with E-state index < -0.39 is 29.5 Å². The molecular formula is C12H13F6N. The van der Waals surface area contributed by atoms with Crippen molar-refractivity contribution in [1.82, 2.24) is 5.32 Å². The highest BCUT2D eigenvalue weighted by atomic mass is 19.4. The molecule has 0 saturated carbocycles. The molecule has 0 aromatic heterocycles. The lowest BCUT2D eigenvalue weighted by atomic mass is 10.0. The topological polar surface area (TPSA) is 12.0 Å². The molecule has 1 unspecified atom stereocenters. The summed E-state index contributed by atoms with van der Waals surface area (Å²) >= 11 is 0. The zero-order valence-corrected chi connectivity index (χ0v) is 10.3. The van der Waals surface area contributed by atoms with Crippen LogP contribution in [0.15, 0.2) is 18.2 Å². The Labute approximate surface area is 106 Å². The van der Waals surface area contributed by atoms with Crippen molar-refractivity contribution in [3.8, 4) is 0 Å². The summed E-state index contributed by atoms with van der Waals surface area (Å²) in [6.45, 7) is 3.87. The van der Waals surface area contributed by atoms with Gasteiger partial charge < -0.3 is 5.32 Å². The van der Waals surface area contributed by atoms with Gasteiger partial charge >= 0.3 is 12.1 Å². The molecule has 0 aliphatic carbocycles. The first-order chi connectivity index (χ1) is 8.61. The summed E-state index contributed by atoms with van der Waals surface area (Å²) in [4.78, 5) is 0. The third kappa shape index (κ3) is 3.20. The summed E-state index contributed by atoms with van der Waals surface area (Å²) in [5.74, 6) is -6.15. The maximum Gasteiger partial charge on any atom is 0.458 e. The molecule has 1 nitrogen and oxygen atoms in total. The molecule has 0 saturated heterocycles. The Kier molecular flexibility index (Phi) is 4.50. The van der Waals surface area contributed by atoms with Gasteiger partial charge in [-0.1, -0.05) is 19.1 Å². The van der Waals surface area contributed by atoms with E-state index in [-0.39, 0.29) is 11.6 Å². The lowest BCUT2D eigenvalue weighted by molar-refractivity contribution is -0.289. The van der Waals surface area contributed by atoms with Gasteiger partial charge in [-0.15, -0.1) is 0 Å². The predicted molar refractivity (Wildman–Crippen MR) is 58.4 cm³/mol. The Bertz CT molecular complexity index is 440. The van der Waals surface area contributed by atoms with E-state index >= 15 is 0 Å². The van der Waals surface area contributed by atoms with Crippen molar-refractivity contribution < 1.29 is 26.3 Å². The van der Waals surface area contributed by atoms with E-state index in [1.54, 1.807) is 13.8 Å².